The molecule has 1 fully saturated rings. The molecule has 2 rings (SSSR count). The molecule has 0 unspecified atom stereocenters. The summed E-state index contributed by atoms with van der Waals surface area (Å²) < 4.78 is 10.3. The number of rotatable bonds is 6. The number of ether oxygens (including phenoxy) is 2. The van der Waals surface area contributed by atoms with Crippen LogP contribution in [0.4, 0.5) is 5.69 Å². The van der Waals surface area contributed by atoms with Gasteiger partial charge in [0, 0.05) is 17.6 Å². The van der Waals surface area contributed by atoms with Crippen LogP contribution in [0.3, 0.4) is 0 Å². The van der Waals surface area contributed by atoms with Crippen molar-refractivity contribution >= 4 is 11.7 Å². The lowest BCUT2D eigenvalue weighted by Gasteiger charge is -2.38. The number of carbonyl (C=O) groups excluding carboxylic acids is 1. The minimum atomic E-state index is -0.257. The molecular weight excluding hydrogens is 242 g/mol. The molecule has 1 aromatic carbocycles. The van der Waals surface area contributed by atoms with Crippen LogP contribution in [-0.2, 0) is 9.47 Å². The molecule has 0 saturated carbocycles. The van der Waals surface area contributed by atoms with E-state index in [0.717, 1.165) is 31.9 Å². The molecule has 0 spiro atoms. The van der Waals surface area contributed by atoms with Gasteiger partial charge in [0.15, 0.2) is 0 Å². The van der Waals surface area contributed by atoms with Gasteiger partial charge in [0.1, 0.15) is 0 Å². The maximum atomic E-state index is 11.6. The fourth-order valence-corrected chi connectivity index (χ4v) is 1.87. The Balaban J connectivity index is 1.85. The van der Waals surface area contributed by atoms with Crippen molar-refractivity contribution in [3.63, 3.8) is 0 Å². The number of nitrogens with one attached hydrogen (secondary N) is 1. The minimum Gasteiger partial charge on any atom is -0.462 e. The molecule has 0 amide bonds. The van der Waals surface area contributed by atoms with Crippen molar-refractivity contribution < 1.29 is 14.3 Å². The van der Waals surface area contributed by atoms with Crippen molar-refractivity contribution in [3.05, 3.63) is 29.8 Å². The minimum absolute atomic E-state index is 0.235. The summed E-state index contributed by atoms with van der Waals surface area (Å²) in [6, 6.07) is 7.40. The van der Waals surface area contributed by atoms with E-state index < -0.39 is 0 Å². The molecule has 104 valence electrons. The van der Waals surface area contributed by atoms with Gasteiger partial charge in [-0.25, -0.2) is 4.79 Å². The Bertz CT molecular complexity index is 424. The van der Waals surface area contributed by atoms with Crippen molar-refractivity contribution in [3.8, 4) is 0 Å². The predicted molar refractivity (Wildman–Crippen MR) is 74.4 cm³/mol. The van der Waals surface area contributed by atoms with Gasteiger partial charge in [-0.15, -0.1) is 0 Å². The van der Waals surface area contributed by atoms with Gasteiger partial charge in [0.25, 0.3) is 0 Å². The van der Waals surface area contributed by atoms with Gasteiger partial charge >= 0.3 is 5.97 Å². The van der Waals surface area contributed by atoms with Gasteiger partial charge in [-0.05, 0) is 30.7 Å². The summed E-state index contributed by atoms with van der Waals surface area (Å²) in [5.41, 5.74) is 1.84. The topological polar surface area (TPSA) is 47.6 Å². The Hall–Kier alpha value is -1.55. The summed E-state index contributed by atoms with van der Waals surface area (Å²) in [4.78, 5) is 11.6. The molecule has 1 N–H and O–H groups in total. The van der Waals surface area contributed by atoms with Crippen molar-refractivity contribution in [1.29, 1.82) is 0 Å². The van der Waals surface area contributed by atoms with Crippen molar-refractivity contribution in [1.82, 2.24) is 0 Å². The largest absolute Gasteiger partial charge is 0.462 e. The molecule has 0 aliphatic carbocycles. The highest BCUT2D eigenvalue weighted by Crippen LogP contribution is 2.26. The van der Waals surface area contributed by atoms with Crippen LogP contribution in [0.1, 0.15) is 30.6 Å². The van der Waals surface area contributed by atoms with Gasteiger partial charge in [0.05, 0.1) is 25.4 Å². The average molecular weight is 263 g/mol. The monoisotopic (exact) mass is 263 g/mol. The van der Waals surface area contributed by atoms with Gasteiger partial charge in [-0.2, -0.15) is 0 Å². The Morgan fingerprint density at radius 1 is 1.37 bits per heavy atom. The molecule has 0 aromatic heterocycles. The fraction of sp³-hybridized carbons (Fsp3) is 0.533. The highest BCUT2D eigenvalue weighted by atomic mass is 16.5. The molecule has 0 radical (unpaired) electrons. The lowest BCUT2D eigenvalue weighted by atomic mass is 9.89. The number of hydrogen-bond donors (Lipinski definition) is 1. The molecule has 19 heavy (non-hydrogen) atoms. The zero-order valence-corrected chi connectivity index (χ0v) is 11.6. The highest BCUT2D eigenvalue weighted by Gasteiger charge is 2.32. The third-order valence-electron chi connectivity index (χ3n) is 3.18. The quantitative estimate of drug-likeness (QED) is 0.802. The molecule has 4 nitrogen and oxygen atoms in total. The molecule has 1 heterocycles. The van der Waals surface area contributed by atoms with Crippen LogP contribution in [0.2, 0.25) is 0 Å². The van der Waals surface area contributed by atoms with Crippen LogP contribution in [0.5, 0.6) is 0 Å². The first kappa shape index (κ1) is 13.9. The first-order valence-corrected chi connectivity index (χ1v) is 6.72. The summed E-state index contributed by atoms with van der Waals surface area (Å²) >= 11 is 0. The maximum absolute atomic E-state index is 11.6. The number of carbonyl (C=O) groups is 1. The van der Waals surface area contributed by atoms with Gasteiger partial charge in [0.2, 0.25) is 0 Å². The van der Waals surface area contributed by atoms with E-state index in [1.165, 1.54) is 0 Å². The van der Waals surface area contributed by atoms with Gasteiger partial charge < -0.3 is 14.8 Å². The summed E-state index contributed by atoms with van der Waals surface area (Å²) in [6.45, 7) is 7.14. The average Bonchev–Trinajstić information content (AvgIpc) is 2.41. The standard InChI is InChI=1S/C15H21NO3/c1-3-8-19-14(17)12-4-6-13(7-5-12)16-9-15(2)10-18-11-15/h4-7,16H,3,8-11H2,1-2H3. The van der Waals surface area contributed by atoms with Crippen LogP contribution >= 0.6 is 0 Å². The van der Waals surface area contributed by atoms with Gasteiger partial charge in [-0.3, -0.25) is 0 Å². The van der Waals surface area contributed by atoms with E-state index in [4.69, 9.17) is 9.47 Å². The molecular formula is C15H21NO3. The predicted octanol–water partition coefficient (Wildman–Crippen LogP) is 2.70. The number of anilines is 1. The molecule has 1 aliphatic rings. The van der Waals surface area contributed by atoms with Crippen molar-refractivity contribution in [2.75, 3.05) is 31.7 Å². The molecule has 4 heteroatoms. The van der Waals surface area contributed by atoms with E-state index in [1.54, 1.807) is 12.1 Å². The zero-order chi connectivity index (χ0) is 13.7. The second-order valence-electron chi connectivity index (χ2n) is 5.37. The third-order valence-corrected chi connectivity index (χ3v) is 3.18. The molecule has 0 atom stereocenters. The Kier molecular flexibility index (Phi) is 4.43. The summed E-state index contributed by atoms with van der Waals surface area (Å²) in [5, 5.41) is 3.36. The number of esters is 1. The lowest BCUT2D eigenvalue weighted by molar-refractivity contribution is -0.0924. The molecule has 1 aromatic rings. The van der Waals surface area contributed by atoms with E-state index in [9.17, 15) is 4.79 Å². The number of benzene rings is 1. The number of hydrogen-bond acceptors (Lipinski definition) is 4. The first-order chi connectivity index (χ1) is 9.13. The van der Waals surface area contributed by atoms with E-state index in [-0.39, 0.29) is 11.4 Å². The van der Waals surface area contributed by atoms with Crippen LogP contribution in [0.25, 0.3) is 0 Å². The zero-order valence-electron chi connectivity index (χ0n) is 11.6. The van der Waals surface area contributed by atoms with E-state index in [2.05, 4.69) is 12.2 Å². The van der Waals surface area contributed by atoms with Crippen molar-refractivity contribution in [2.45, 2.75) is 20.3 Å². The van der Waals surface area contributed by atoms with E-state index in [0.29, 0.717) is 12.2 Å². The highest BCUT2D eigenvalue weighted by molar-refractivity contribution is 5.89. The van der Waals surface area contributed by atoms with Crippen LogP contribution in [0.15, 0.2) is 24.3 Å². The van der Waals surface area contributed by atoms with Gasteiger partial charge in [-0.1, -0.05) is 13.8 Å². The Labute approximate surface area is 114 Å². The van der Waals surface area contributed by atoms with E-state index in [1.807, 2.05) is 19.1 Å². The van der Waals surface area contributed by atoms with Crippen LogP contribution < -0.4 is 5.32 Å². The SMILES string of the molecule is CCCOC(=O)c1ccc(NCC2(C)COC2)cc1. The molecule has 1 aliphatic heterocycles. The third kappa shape index (κ3) is 3.70. The summed E-state index contributed by atoms with van der Waals surface area (Å²) in [5.74, 6) is -0.257. The molecule has 0 bridgehead atoms. The summed E-state index contributed by atoms with van der Waals surface area (Å²) in [6.07, 6.45) is 0.839. The Morgan fingerprint density at radius 3 is 2.58 bits per heavy atom. The Morgan fingerprint density at radius 2 is 2.05 bits per heavy atom. The lowest BCUT2D eigenvalue weighted by Crippen LogP contribution is -2.45. The van der Waals surface area contributed by atoms with Crippen LogP contribution in [-0.4, -0.2) is 32.3 Å². The summed E-state index contributed by atoms with van der Waals surface area (Å²) in [7, 11) is 0. The van der Waals surface area contributed by atoms with Crippen LogP contribution in [0, 0.1) is 5.41 Å². The van der Waals surface area contributed by atoms with Crippen molar-refractivity contribution in [2.24, 2.45) is 5.41 Å². The second-order valence-corrected chi connectivity index (χ2v) is 5.37. The first-order valence-electron chi connectivity index (χ1n) is 6.72. The molecule has 1 saturated heterocycles. The maximum Gasteiger partial charge on any atom is 0.338 e. The smallest absolute Gasteiger partial charge is 0.338 e. The fourth-order valence-electron chi connectivity index (χ4n) is 1.87. The second kappa shape index (κ2) is 6.06. The normalized spacial score (nSPS) is 16.5. The van der Waals surface area contributed by atoms with E-state index >= 15 is 0 Å².